The predicted molar refractivity (Wildman–Crippen MR) is 113 cm³/mol. The molecule has 3 aromatic carbocycles. The Hall–Kier alpha value is -3.81. The zero-order valence-electron chi connectivity index (χ0n) is 16.8. The molecule has 2 nitrogen and oxygen atoms in total. The summed E-state index contributed by atoms with van der Waals surface area (Å²) >= 11 is 0. The second-order valence-corrected chi connectivity index (χ2v) is 7.23. The quantitative estimate of drug-likeness (QED) is 0.297. The molecule has 4 rings (SSSR count). The van der Waals surface area contributed by atoms with Crippen molar-refractivity contribution in [3.63, 3.8) is 0 Å². The predicted octanol–water partition coefficient (Wildman–Crippen LogP) is 7.21. The van der Waals surface area contributed by atoms with Crippen LogP contribution in [0.1, 0.15) is 11.3 Å². The molecule has 0 fully saturated rings. The molecule has 0 amide bonds. The molecule has 4 aromatic rings. The SMILES string of the molecule is O=c1c(-c2ccccc2)c(-c2ccccc2)cc(C(F)(F)F)n1-c1ccc(C(F)(F)F)cc1. The van der Waals surface area contributed by atoms with E-state index >= 15 is 0 Å². The Balaban J connectivity index is 2.08. The van der Waals surface area contributed by atoms with E-state index in [-0.39, 0.29) is 16.8 Å². The molecule has 0 saturated carbocycles. The number of hydrogen-bond acceptors (Lipinski definition) is 1. The van der Waals surface area contributed by atoms with Gasteiger partial charge in [0, 0.05) is 5.69 Å². The van der Waals surface area contributed by atoms with Crippen LogP contribution < -0.4 is 5.56 Å². The number of benzene rings is 3. The third-order valence-corrected chi connectivity index (χ3v) is 5.10. The van der Waals surface area contributed by atoms with Crippen LogP contribution in [0.2, 0.25) is 0 Å². The molecule has 8 heteroatoms. The Labute approximate surface area is 184 Å². The minimum atomic E-state index is -4.94. The fourth-order valence-electron chi connectivity index (χ4n) is 3.60. The zero-order chi connectivity index (χ0) is 23.8. The van der Waals surface area contributed by atoms with Crippen LogP contribution in [0.25, 0.3) is 27.9 Å². The number of rotatable bonds is 3. The van der Waals surface area contributed by atoms with Crippen molar-refractivity contribution in [1.29, 1.82) is 0 Å². The highest BCUT2D eigenvalue weighted by Crippen LogP contribution is 2.37. The molecule has 168 valence electrons. The lowest BCUT2D eigenvalue weighted by Crippen LogP contribution is -2.28. The topological polar surface area (TPSA) is 22.0 Å². The highest BCUT2D eigenvalue weighted by molar-refractivity contribution is 5.83. The zero-order valence-corrected chi connectivity index (χ0v) is 16.8. The molecule has 0 spiro atoms. The molecule has 1 heterocycles. The Kier molecular flexibility index (Phi) is 5.61. The molecule has 0 aliphatic rings. The minimum absolute atomic E-state index is 0.00898. The molecule has 0 bridgehead atoms. The lowest BCUT2D eigenvalue weighted by Gasteiger charge is -2.20. The van der Waals surface area contributed by atoms with Gasteiger partial charge in [0.2, 0.25) is 0 Å². The second-order valence-electron chi connectivity index (χ2n) is 7.23. The van der Waals surface area contributed by atoms with Crippen LogP contribution in [0, 0.1) is 0 Å². The van der Waals surface area contributed by atoms with Gasteiger partial charge in [0.1, 0.15) is 5.69 Å². The Morgan fingerprint density at radius 1 is 0.606 bits per heavy atom. The van der Waals surface area contributed by atoms with Gasteiger partial charge in [0.25, 0.3) is 5.56 Å². The summed E-state index contributed by atoms with van der Waals surface area (Å²) in [6, 6.07) is 20.2. The number of pyridine rings is 1. The maximum Gasteiger partial charge on any atom is 0.431 e. The van der Waals surface area contributed by atoms with Crippen molar-refractivity contribution in [1.82, 2.24) is 4.57 Å². The molecule has 1 aromatic heterocycles. The molecule has 0 unspecified atom stereocenters. The van der Waals surface area contributed by atoms with E-state index < -0.39 is 29.2 Å². The highest BCUT2D eigenvalue weighted by Gasteiger charge is 2.37. The van der Waals surface area contributed by atoms with E-state index in [1.165, 1.54) is 0 Å². The van der Waals surface area contributed by atoms with Crippen LogP contribution in [0.15, 0.2) is 95.8 Å². The van der Waals surface area contributed by atoms with E-state index in [4.69, 9.17) is 0 Å². The monoisotopic (exact) mass is 459 g/mol. The van der Waals surface area contributed by atoms with E-state index in [2.05, 4.69) is 0 Å². The summed E-state index contributed by atoms with van der Waals surface area (Å²) in [6.45, 7) is 0. The van der Waals surface area contributed by atoms with Crippen molar-refractivity contribution in [2.24, 2.45) is 0 Å². The maximum absolute atomic E-state index is 14.1. The summed E-state index contributed by atoms with van der Waals surface area (Å²) in [4.78, 5) is 13.6. The molecular weight excluding hydrogens is 444 g/mol. The van der Waals surface area contributed by atoms with E-state index in [9.17, 15) is 31.1 Å². The summed E-state index contributed by atoms with van der Waals surface area (Å²) < 4.78 is 81.5. The van der Waals surface area contributed by atoms with Crippen LogP contribution in [0.5, 0.6) is 0 Å². The first-order chi connectivity index (χ1) is 15.6. The Morgan fingerprint density at radius 3 is 1.61 bits per heavy atom. The van der Waals surface area contributed by atoms with Gasteiger partial charge in [-0.1, -0.05) is 60.7 Å². The van der Waals surface area contributed by atoms with Crippen LogP contribution in [-0.2, 0) is 12.4 Å². The summed E-state index contributed by atoms with van der Waals surface area (Å²) in [5.74, 6) is 0. The molecule has 0 atom stereocenters. The van der Waals surface area contributed by atoms with E-state index in [0.29, 0.717) is 27.8 Å². The van der Waals surface area contributed by atoms with Gasteiger partial charge in [0.15, 0.2) is 0 Å². The first-order valence-electron chi connectivity index (χ1n) is 9.73. The summed E-state index contributed by atoms with van der Waals surface area (Å²) in [7, 11) is 0. The van der Waals surface area contributed by atoms with Crippen LogP contribution in [0.4, 0.5) is 26.3 Å². The standard InChI is InChI=1S/C25H15F6NO/c26-24(27,28)18-11-13-19(14-12-18)32-21(25(29,30)31)15-20(16-7-3-1-4-8-16)22(23(32)33)17-9-5-2-6-10-17/h1-15H. The lowest BCUT2D eigenvalue weighted by atomic mass is 9.94. The summed E-state index contributed by atoms with van der Waals surface area (Å²) in [5.41, 5.74) is -2.76. The number of alkyl halides is 6. The molecule has 0 radical (unpaired) electrons. The van der Waals surface area contributed by atoms with Gasteiger partial charge in [0.05, 0.1) is 11.1 Å². The van der Waals surface area contributed by atoms with Crippen molar-refractivity contribution in [2.45, 2.75) is 12.4 Å². The highest BCUT2D eigenvalue weighted by atomic mass is 19.4. The molecule has 0 aliphatic carbocycles. The third-order valence-electron chi connectivity index (χ3n) is 5.10. The van der Waals surface area contributed by atoms with Gasteiger partial charge in [-0.05, 0) is 47.0 Å². The first-order valence-corrected chi connectivity index (χ1v) is 9.73. The average molecular weight is 459 g/mol. The van der Waals surface area contributed by atoms with Crippen LogP contribution in [0.3, 0.4) is 0 Å². The smallest absolute Gasteiger partial charge is 0.272 e. The third kappa shape index (κ3) is 4.41. The van der Waals surface area contributed by atoms with Crippen molar-refractivity contribution in [3.8, 4) is 27.9 Å². The van der Waals surface area contributed by atoms with Gasteiger partial charge in [-0.15, -0.1) is 0 Å². The lowest BCUT2D eigenvalue weighted by molar-refractivity contribution is -0.143. The largest absolute Gasteiger partial charge is 0.431 e. The molecular formula is C25H15F6NO. The number of aromatic nitrogens is 1. The van der Waals surface area contributed by atoms with E-state index in [1.807, 2.05) is 0 Å². The average Bonchev–Trinajstić information content (AvgIpc) is 2.78. The van der Waals surface area contributed by atoms with Crippen molar-refractivity contribution >= 4 is 0 Å². The summed E-state index contributed by atoms with van der Waals surface area (Å²) in [5, 5.41) is 0. The second kappa shape index (κ2) is 8.27. The van der Waals surface area contributed by atoms with Gasteiger partial charge in [-0.3, -0.25) is 9.36 Å². The number of halogens is 6. The minimum Gasteiger partial charge on any atom is -0.272 e. The van der Waals surface area contributed by atoms with Crippen molar-refractivity contribution in [2.75, 3.05) is 0 Å². The molecule has 33 heavy (non-hydrogen) atoms. The van der Waals surface area contributed by atoms with E-state index in [1.54, 1.807) is 60.7 Å². The fourth-order valence-corrected chi connectivity index (χ4v) is 3.60. The van der Waals surface area contributed by atoms with Crippen LogP contribution in [-0.4, -0.2) is 4.57 Å². The number of hydrogen-bond donors (Lipinski definition) is 0. The van der Waals surface area contributed by atoms with Gasteiger partial charge in [-0.25, -0.2) is 0 Å². The molecule has 0 N–H and O–H groups in total. The Morgan fingerprint density at radius 2 is 1.12 bits per heavy atom. The Bertz CT molecular complexity index is 1320. The molecule has 0 aliphatic heterocycles. The summed E-state index contributed by atoms with van der Waals surface area (Å²) in [6.07, 6.45) is -9.61. The van der Waals surface area contributed by atoms with Crippen molar-refractivity contribution < 1.29 is 26.3 Å². The number of nitrogens with zero attached hydrogens (tertiary/aromatic N) is 1. The van der Waals surface area contributed by atoms with Gasteiger partial charge in [-0.2, -0.15) is 26.3 Å². The van der Waals surface area contributed by atoms with Crippen LogP contribution >= 0.6 is 0 Å². The molecule has 0 saturated heterocycles. The van der Waals surface area contributed by atoms with Crippen molar-refractivity contribution in [3.05, 3.63) is 113 Å². The van der Waals surface area contributed by atoms with Gasteiger partial charge < -0.3 is 0 Å². The first kappa shape index (κ1) is 22.4. The van der Waals surface area contributed by atoms with E-state index in [0.717, 1.165) is 18.2 Å². The van der Waals surface area contributed by atoms with Gasteiger partial charge >= 0.3 is 12.4 Å². The maximum atomic E-state index is 14.1. The fraction of sp³-hybridized carbons (Fsp3) is 0.0800. The normalized spacial score (nSPS) is 12.1.